The van der Waals surface area contributed by atoms with E-state index in [0.29, 0.717) is 11.8 Å². The van der Waals surface area contributed by atoms with Gasteiger partial charge in [0.05, 0.1) is 22.8 Å². The number of anilines is 1. The molecule has 1 saturated carbocycles. The monoisotopic (exact) mass is 323 g/mol. The van der Waals surface area contributed by atoms with Gasteiger partial charge in [0.1, 0.15) is 6.04 Å². The molecule has 124 valence electrons. The van der Waals surface area contributed by atoms with Crippen molar-refractivity contribution in [3.63, 3.8) is 0 Å². The third-order valence-electron chi connectivity index (χ3n) is 4.42. The van der Waals surface area contributed by atoms with Crippen molar-refractivity contribution in [2.24, 2.45) is 0 Å². The summed E-state index contributed by atoms with van der Waals surface area (Å²) in [5.41, 5.74) is 4.07. The number of nitrogens with zero attached hydrogens (tertiary/aromatic N) is 4. The average molecular weight is 323 g/mol. The predicted octanol–water partition coefficient (Wildman–Crippen LogP) is 3.92. The van der Waals surface area contributed by atoms with Crippen molar-refractivity contribution in [2.45, 2.75) is 45.6 Å². The maximum absolute atomic E-state index is 5.42. The van der Waals surface area contributed by atoms with E-state index < -0.39 is 0 Å². The zero-order valence-corrected chi connectivity index (χ0v) is 14.2. The first kappa shape index (κ1) is 14.9. The van der Waals surface area contributed by atoms with Crippen molar-refractivity contribution < 1.29 is 4.52 Å². The van der Waals surface area contributed by atoms with Crippen LogP contribution in [-0.2, 0) is 0 Å². The molecule has 3 aromatic rings. The van der Waals surface area contributed by atoms with E-state index in [9.17, 15) is 0 Å². The Bertz CT molecular complexity index is 848. The summed E-state index contributed by atoms with van der Waals surface area (Å²) in [6.07, 6.45) is 2.34. The first-order valence-corrected chi connectivity index (χ1v) is 8.35. The molecule has 6 heteroatoms. The molecule has 1 N–H and O–H groups in total. The van der Waals surface area contributed by atoms with E-state index in [4.69, 9.17) is 4.52 Å². The number of nitrogens with one attached hydrogen (secondary N) is 1. The highest BCUT2D eigenvalue weighted by atomic mass is 16.5. The van der Waals surface area contributed by atoms with Gasteiger partial charge in [-0.2, -0.15) is 10.1 Å². The fourth-order valence-corrected chi connectivity index (χ4v) is 2.88. The second kappa shape index (κ2) is 5.78. The Hall–Kier alpha value is -2.63. The number of hydrogen-bond acceptors (Lipinski definition) is 5. The predicted molar refractivity (Wildman–Crippen MR) is 91.3 cm³/mol. The van der Waals surface area contributed by atoms with Gasteiger partial charge in [-0.1, -0.05) is 23.4 Å². The second-order valence-electron chi connectivity index (χ2n) is 6.42. The molecule has 1 aliphatic rings. The fourth-order valence-electron chi connectivity index (χ4n) is 2.88. The minimum absolute atomic E-state index is 0.0594. The normalized spacial score (nSPS) is 15.5. The maximum Gasteiger partial charge on any atom is 0.248 e. The van der Waals surface area contributed by atoms with Crippen LogP contribution in [0.5, 0.6) is 0 Å². The van der Waals surface area contributed by atoms with E-state index in [1.165, 1.54) is 12.8 Å². The maximum atomic E-state index is 5.42. The Kier molecular flexibility index (Phi) is 3.59. The number of hydrogen-bond donors (Lipinski definition) is 1. The van der Waals surface area contributed by atoms with Crippen molar-refractivity contribution in [2.75, 3.05) is 5.32 Å². The van der Waals surface area contributed by atoms with Crippen LogP contribution in [0.15, 0.2) is 34.9 Å². The van der Waals surface area contributed by atoms with E-state index >= 15 is 0 Å². The van der Waals surface area contributed by atoms with Gasteiger partial charge >= 0.3 is 0 Å². The van der Waals surface area contributed by atoms with Crippen LogP contribution < -0.4 is 5.32 Å². The van der Waals surface area contributed by atoms with Crippen molar-refractivity contribution in [3.8, 4) is 5.69 Å². The molecule has 1 aliphatic carbocycles. The topological polar surface area (TPSA) is 68.8 Å². The van der Waals surface area contributed by atoms with Crippen molar-refractivity contribution in [1.29, 1.82) is 0 Å². The molecule has 0 amide bonds. The summed E-state index contributed by atoms with van der Waals surface area (Å²) in [5.74, 6) is 1.97. The van der Waals surface area contributed by atoms with Gasteiger partial charge < -0.3 is 9.84 Å². The van der Waals surface area contributed by atoms with Crippen LogP contribution in [0.3, 0.4) is 0 Å². The molecule has 1 fully saturated rings. The molecule has 0 bridgehead atoms. The Labute approximate surface area is 140 Å². The molecule has 2 aromatic heterocycles. The Morgan fingerprint density at radius 1 is 1.21 bits per heavy atom. The van der Waals surface area contributed by atoms with Crippen molar-refractivity contribution in [3.05, 3.63) is 53.4 Å². The van der Waals surface area contributed by atoms with Gasteiger partial charge in [0, 0.05) is 5.92 Å². The molecule has 1 atom stereocenters. The molecule has 0 aliphatic heterocycles. The van der Waals surface area contributed by atoms with E-state index in [1.54, 1.807) is 0 Å². The first-order chi connectivity index (χ1) is 11.6. The molecular formula is C18H21N5O. The molecule has 2 heterocycles. The van der Waals surface area contributed by atoms with E-state index in [1.807, 2.05) is 48.9 Å². The van der Waals surface area contributed by atoms with Crippen LogP contribution in [0.1, 0.15) is 54.8 Å². The van der Waals surface area contributed by atoms with Gasteiger partial charge in [0.2, 0.25) is 5.89 Å². The Balaban J connectivity index is 1.58. The lowest BCUT2D eigenvalue weighted by Gasteiger charge is -2.12. The van der Waals surface area contributed by atoms with Crippen LogP contribution in [0.25, 0.3) is 5.69 Å². The lowest BCUT2D eigenvalue weighted by molar-refractivity contribution is 0.363. The first-order valence-electron chi connectivity index (χ1n) is 8.35. The number of aromatic nitrogens is 4. The van der Waals surface area contributed by atoms with Crippen LogP contribution >= 0.6 is 0 Å². The third kappa shape index (κ3) is 2.68. The van der Waals surface area contributed by atoms with Crippen LogP contribution in [0, 0.1) is 13.8 Å². The van der Waals surface area contributed by atoms with E-state index in [2.05, 4.69) is 27.5 Å². The lowest BCUT2D eigenvalue weighted by atomic mass is 10.2. The minimum atomic E-state index is -0.0594. The highest BCUT2D eigenvalue weighted by molar-refractivity contribution is 5.55. The van der Waals surface area contributed by atoms with Crippen LogP contribution in [-0.4, -0.2) is 19.9 Å². The average Bonchev–Trinajstić information content (AvgIpc) is 3.26. The zero-order valence-electron chi connectivity index (χ0n) is 14.2. The largest absolute Gasteiger partial charge is 0.371 e. The van der Waals surface area contributed by atoms with Crippen molar-refractivity contribution >= 4 is 5.69 Å². The number of para-hydroxylation sites is 1. The summed E-state index contributed by atoms with van der Waals surface area (Å²) in [4.78, 5) is 4.53. The molecule has 24 heavy (non-hydrogen) atoms. The Morgan fingerprint density at radius 3 is 2.67 bits per heavy atom. The summed E-state index contributed by atoms with van der Waals surface area (Å²) in [6.45, 7) is 6.10. The van der Waals surface area contributed by atoms with Gasteiger partial charge in [0.15, 0.2) is 5.82 Å². The van der Waals surface area contributed by atoms with Crippen LogP contribution in [0.4, 0.5) is 5.69 Å². The standard InChI is InChI=1S/C18H21N5O/c1-11-16(13(3)23(21-11)15-7-5-4-6-8-15)19-12(2)18-20-17(22-24-18)14-9-10-14/h4-8,12,14,19H,9-10H2,1-3H3. The molecule has 0 spiro atoms. The van der Waals surface area contributed by atoms with Crippen LogP contribution in [0.2, 0.25) is 0 Å². The summed E-state index contributed by atoms with van der Waals surface area (Å²) in [6, 6.07) is 10.1. The second-order valence-corrected chi connectivity index (χ2v) is 6.42. The highest BCUT2D eigenvalue weighted by Crippen LogP contribution is 2.38. The van der Waals surface area contributed by atoms with Gasteiger partial charge in [-0.25, -0.2) is 4.68 Å². The summed E-state index contributed by atoms with van der Waals surface area (Å²) >= 11 is 0. The van der Waals surface area contributed by atoms with Gasteiger partial charge in [-0.15, -0.1) is 0 Å². The summed E-state index contributed by atoms with van der Waals surface area (Å²) in [7, 11) is 0. The molecule has 1 aromatic carbocycles. The highest BCUT2D eigenvalue weighted by Gasteiger charge is 2.29. The molecule has 6 nitrogen and oxygen atoms in total. The zero-order chi connectivity index (χ0) is 16.7. The summed E-state index contributed by atoms with van der Waals surface area (Å²) in [5, 5.41) is 12.2. The quantitative estimate of drug-likeness (QED) is 0.770. The third-order valence-corrected chi connectivity index (χ3v) is 4.42. The number of aryl methyl sites for hydroxylation is 1. The minimum Gasteiger partial charge on any atom is -0.371 e. The smallest absolute Gasteiger partial charge is 0.248 e. The Morgan fingerprint density at radius 2 is 1.96 bits per heavy atom. The van der Waals surface area contributed by atoms with Gasteiger partial charge in [-0.3, -0.25) is 0 Å². The summed E-state index contributed by atoms with van der Waals surface area (Å²) < 4.78 is 7.37. The number of rotatable bonds is 5. The van der Waals surface area contributed by atoms with E-state index in [0.717, 1.165) is 28.6 Å². The molecule has 0 saturated heterocycles. The van der Waals surface area contributed by atoms with Gasteiger partial charge in [0.25, 0.3) is 0 Å². The van der Waals surface area contributed by atoms with Crippen molar-refractivity contribution in [1.82, 2.24) is 19.9 Å². The number of benzene rings is 1. The molecule has 1 unspecified atom stereocenters. The van der Waals surface area contributed by atoms with E-state index in [-0.39, 0.29) is 6.04 Å². The molecule has 4 rings (SSSR count). The fraction of sp³-hybridized carbons (Fsp3) is 0.389. The molecular weight excluding hydrogens is 302 g/mol. The van der Waals surface area contributed by atoms with Gasteiger partial charge in [-0.05, 0) is 45.7 Å². The lowest BCUT2D eigenvalue weighted by Crippen LogP contribution is -2.09. The SMILES string of the molecule is Cc1nn(-c2ccccc2)c(C)c1NC(C)c1nc(C2CC2)no1. The molecule has 0 radical (unpaired) electrons.